The molecule has 0 radical (unpaired) electrons. The van der Waals surface area contributed by atoms with E-state index in [2.05, 4.69) is 12.2 Å². The second kappa shape index (κ2) is 7.64. The van der Waals surface area contributed by atoms with Crippen molar-refractivity contribution in [2.45, 2.75) is 12.8 Å². The van der Waals surface area contributed by atoms with Gasteiger partial charge in [-0.05, 0) is 55.3 Å². The van der Waals surface area contributed by atoms with E-state index < -0.39 is 0 Å². The van der Waals surface area contributed by atoms with Crippen LogP contribution in [0.5, 0.6) is 17.2 Å². The van der Waals surface area contributed by atoms with Crippen LogP contribution in [0, 0.1) is 0 Å². The van der Waals surface area contributed by atoms with Gasteiger partial charge in [0.15, 0.2) is 16.9 Å². The number of hydrogen-bond acceptors (Lipinski definition) is 5. The van der Waals surface area contributed by atoms with Crippen LogP contribution in [0.25, 0.3) is 22.3 Å². The molecule has 2 aromatic carbocycles. The minimum atomic E-state index is -0.143. The van der Waals surface area contributed by atoms with Gasteiger partial charge in [-0.3, -0.25) is 4.79 Å². The van der Waals surface area contributed by atoms with Gasteiger partial charge in [0.05, 0.1) is 19.6 Å². The van der Waals surface area contributed by atoms with E-state index in [0.29, 0.717) is 28.2 Å². The number of methoxy groups -OCH3 is 2. The minimum absolute atomic E-state index is 0.143. The van der Waals surface area contributed by atoms with E-state index in [4.69, 9.17) is 18.6 Å². The van der Waals surface area contributed by atoms with Crippen LogP contribution >= 0.6 is 0 Å². The predicted octanol–water partition coefficient (Wildman–Crippen LogP) is 5.09. The summed E-state index contributed by atoms with van der Waals surface area (Å²) >= 11 is 0. The molecule has 0 bridgehead atoms. The van der Waals surface area contributed by atoms with E-state index in [1.807, 2.05) is 30.3 Å². The molecule has 0 saturated heterocycles. The number of rotatable bonds is 5. The van der Waals surface area contributed by atoms with Crippen LogP contribution in [0.3, 0.4) is 0 Å². The van der Waals surface area contributed by atoms with Crippen molar-refractivity contribution in [2.75, 3.05) is 14.2 Å². The van der Waals surface area contributed by atoms with E-state index in [0.717, 1.165) is 29.9 Å². The Morgan fingerprint density at radius 1 is 0.929 bits per heavy atom. The van der Waals surface area contributed by atoms with Crippen LogP contribution in [0.1, 0.15) is 12.8 Å². The second-order valence-corrected chi connectivity index (χ2v) is 6.39. The first-order chi connectivity index (χ1) is 13.7. The van der Waals surface area contributed by atoms with E-state index in [9.17, 15) is 4.79 Å². The molecule has 1 aliphatic rings. The maximum Gasteiger partial charge on any atom is 0.193 e. The fourth-order valence-corrected chi connectivity index (χ4v) is 3.11. The molecule has 1 aromatic heterocycles. The van der Waals surface area contributed by atoms with Crippen molar-refractivity contribution in [3.8, 4) is 28.6 Å². The molecule has 0 amide bonds. The molecular weight excluding hydrogens is 356 g/mol. The first kappa shape index (κ1) is 17.9. The monoisotopic (exact) mass is 376 g/mol. The molecular formula is C23H20O5. The molecule has 0 spiro atoms. The topological polar surface area (TPSA) is 57.9 Å². The van der Waals surface area contributed by atoms with Crippen molar-refractivity contribution >= 4 is 11.0 Å². The maximum absolute atomic E-state index is 12.6. The molecule has 1 heterocycles. The smallest absolute Gasteiger partial charge is 0.193 e. The predicted molar refractivity (Wildman–Crippen MR) is 108 cm³/mol. The molecule has 5 heteroatoms. The second-order valence-electron chi connectivity index (χ2n) is 6.39. The lowest BCUT2D eigenvalue weighted by atomic mass is 10.1. The summed E-state index contributed by atoms with van der Waals surface area (Å²) in [6.45, 7) is 0. The zero-order valence-corrected chi connectivity index (χ0v) is 15.7. The van der Waals surface area contributed by atoms with Crippen LogP contribution in [-0.2, 0) is 0 Å². The van der Waals surface area contributed by atoms with Crippen LogP contribution < -0.4 is 19.6 Å². The highest BCUT2D eigenvalue weighted by molar-refractivity contribution is 5.82. The molecule has 28 heavy (non-hydrogen) atoms. The fraction of sp³-hybridized carbons (Fsp3) is 0.174. The van der Waals surface area contributed by atoms with E-state index >= 15 is 0 Å². The highest BCUT2D eigenvalue weighted by Gasteiger charge is 2.13. The van der Waals surface area contributed by atoms with E-state index in [1.165, 1.54) is 13.2 Å². The summed E-state index contributed by atoms with van der Waals surface area (Å²) in [6.07, 6.45) is 8.17. The Bertz CT molecular complexity index is 1120. The van der Waals surface area contributed by atoms with Gasteiger partial charge >= 0.3 is 0 Å². The van der Waals surface area contributed by atoms with Gasteiger partial charge in [0, 0.05) is 17.7 Å². The third-order valence-electron chi connectivity index (χ3n) is 4.57. The zero-order valence-electron chi connectivity index (χ0n) is 15.7. The first-order valence-electron chi connectivity index (χ1n) is 9.03. The van der Waals surface area contributed by atoms with Crippen LogP contribution in [-0.4, -0.2) is 14.2 Å². The average Bonchev–Trinajstić information content (AvgIpc) is 2.74. The fourth-order valence-electron chi connectivity index (χ4n) is 3.11. The Morgan fingerprint density at radius 3 is 2.36 bits per heavy atom. The first-order valence-corrected chi connectivity index (χ1v) is 9.03. The Hall–Kier alpha value is -3.47. The van der Waals surface area contributed by atoms with Crippen LogP contribution in [0.4, 0.5) is 0 Å². The summed E-state index contributed by atoms with van der Waals surface area (Å²) in [5.41, 5.74) is 1.09. The number of ether oxygens (including phenoxy) is 3. The Kier molecular flexibility index (Phi) is 4.89. The van der Waals surface area contributed by atoms with Gasteiger partial charge in [0.25, 0.3) is 0 Å². The molecule has 0 N–H and O–H groups in total. The molecule has 1 aliphatic carbocycles. The van der Waals surface area contributed by atoms with Crippen molar-refractivity contribution < 1.29 is 18.6 Å². The lowest BCUT2D eigenvalue weighted by Crippen LogP contribution is -2.02. The van der Waals surface area contributed by atoms with Crippen LogP contribution in [0.2, 0.25) is 0 Å². The molecule has 0 saturated carbocycles. The van der Waals surface area contributed by atoms with Crippen molar-refractivity contribution in [3.63, 3.8) is 0 Å². The molecule has 0 aliphatic heterocycles. The van der Waals surface area contributed by atoms with E-state index in [1.54, 1.807) is 19.2 Å². The van der Waals surface area contributed by atoms with Crippen molar-refractivity contribution in [1.29, 1.82) is 0 Å². The number of benzene rings is 2. The molecule has 3 aromatic rings. The van der Waals surface area contributed by atoms with Crippen molar-refractivity contribution in [3.05, 3.63) is 76.7 Å². The van der Waals surface area contributed by atoms with E-state index in [-0.39, 0.29) is 5.43 Å². The van der Waals surface area contributed by atoms with Gasteiger partial charge < -0.3 is 18.6 Å². The van der Waals surface area contributed by atoms with Crippen molar-refractivity contribution in [1.82, 2.24) is 0 Å². The molecule has 4 rings (SSSR count). The normalized spacial score (nSPS) is 13.3. The number of hydrogen-bond donors (Lipinski definition) is 0. The zero-order chi connectivity index (χ0) is 19.5. The van der Waals surface area contributed by atoms with Gasteiger partial charge in [0.1, 0.15) is 22.9 Å². The summed E-state index contributed by atoms with van der Waals surface area (Å²) in [6, 6.07) is 12.2. The summed E-state index contributed by atoms with van der Waals surface area (Å²) < 4.78 is 22.4. The number of allylic oxidation sites excluding steroid dienone is 3. The average molecular weight is 376 g/mol. The summed E-state index contributed by atoms with van der Waals surface area (Å²) in [4.78, 5) is 12.6. The molecule has 0 atom stereocenters. The van der Waals surface area contributed by atoms with Gasteiger partial charge in [-0.15, -0.1) is 0 Å². The third kappa shape index (κ3) is 3.51. The Morgan fingerprint density at radius 2 is 1.68 bits per heavy atom. The quantitative estimate of drug-likeness (QED) is 0.621. The standard InChI is InChI=1S/C23H20O5/c1-25-22-12-18-19(24)13-20(28-21(18)14-23(22)26-2)15-8-10-17(11-9-15)27-16-6-4-3-5-7-16/h4,6-14H,3,5H2,1-2H3. The van der Waals surface area contributed by atoms with Gasteiger partial charge in [-0.1, -0.05) is 6.08 Å². The molecule has 5 nitrogen and oxygen atoms in total. The lowest BCUT2D eigenvalue weighted by molar-refractivity contribution is 0.355. The SMILES string of the molecule is COc1cc2oc(-c3ccc(OC4=CCCC=C4)cc3)cc(=O)c2cc1OC. The lowest BCUT2D eigenvalue weighted by Gasteiger charge is -2.11. The molecule has 0 unspecified atom stereocenters. The summed E-state index contributed by atoms with van der Waals surface area (Å²) in [5.74, 6) is 3.05. The van der Waals surface area contributed by atoms with Gasteiger partial charge in [-0.25, -0.2) is 0 Å². The maximum atomic E-state index is 12.6. The molecule has 142 valence electrons. The minimum Gasteiger partial charge on any atom is -0.493 e. The Balaban J connectivity index is 1.67. The largest absolute Gasteiger partial charge is 0.493 e. The molecule has 0 fully saturated rings. The summed E-state index contributed by atoms with van der Waals surface area (Å²) in [7, 11) is 3.07. The summed E-state index contributed by atoms with van der Waals surface area (Å²) in [5, 5.41) is 0.442. The van der Waals surface area contributed by atoms with Crippen LogP contribution in [0.15, 0.2) is 75.7 Å². The Labute approximate surface area is 162 Å². The highest BCUT2D eigenvalue weighted by atomic mass is 16.5. The van der Waals surface area contributed by atoms with Gasteiger partial charge in [0.2, 0.25) is 0 Å². The third-order valence-corrected chi connectivity index (χ3v) is 4.57. The van der Waals surface area contributed by atoms with Gasteiger partial charge in [-0.2, -0.15) is 0 Å². The highest BCUT2D eigenvalue weighted by Crippen LogP contribution is 2.33. The van der Waals surface area contributed by atoms with Crippen molar-refractivity contribution in [2.24, 2.45) is 0 Å². The number of fused-ring (bicyclic) bond motifs is 1.